The number of fused-ring (bicyclic) bond motifs is 1. The number of hydrogen-bond acceptors (Lipinski definition) is 4. The van der Waals surface area contributed by atoms with Crippen LogP contribution in [-0.2, 0) is 0 Å². The quantitative estimate of drug-likeness (QED) is 0.837. The predicted molar refractivity (Wildman–Crippen MR) is 63.8 cm³/mol. The zero-order chi connectivity index (χ0) is 10.8. The first-order chi connectivity index (χ1) is 7.20. The molecule has 1 atom stereocenters. The highest BCUT2D eigenvalue weighted by molar-refractivity contribution is 8.00. The molecule has 1 aromatic heterocycles. The van der Waals surface area contributed by atoms with E-state index in [1.165, 1.54) is 0 Å². The Morgan fingerprint density at radius 3 is 3.00 bits per heavy atom. The van der Waals surface area contributed by atoms with E-state index in [9.17, 15) is 0 Å². The summed E-state index contributed by atoms with van der Waals surface area (Å²) in [5, 5.41) is 5.06. The van der Waals surface area contributed by atoms with Crippen molar-refractivity contribution >= 4 is 17.4 Å². The zero-order valence-electron chi connectivity index (χ0n) is 9.28. The highest BCUT2D eigenvalue weighted by Gasteiger charge is 2.22. The normalized spacial score (nSPS) is 19.6. The van der Waals surface area contributed by atoms with Gasteiger partial charge < -0.3 is 10.1 Å². The van der Waals surface area contributed by atoms with Gasteiger partial charge in [-0.1, -0.05) is 25.6 Å². The first-order valence-corrected chi connectivity index (χ1v) is 6.04. The topological polar surface area (TPSA) is 34.1 Å². The molecule has 1 aromatic rings. The van der Waals surface area contributed by atoms with Crippen LogP contribution in [0.3, 0.4) is 0 Å². The van der Waals surface area contributed by atoms with Crippen LogP contribution in [0.4, 0.5) is 5.69 Å². The average molecular weight is 224 g/mol. The Balaban J connectivity index is 2.23. The molecule has 0 saturated heterocycles. The van der Waals surface area contributed by atoms with Gasteiger partial charge in [0.1, 0.15) is 5.03 Å². The first kappa shape index (κ1) is 10.6. The molecule has 2 heterocycles. The SMILES string of the molecule is COc1ccc2c(n1)SC(C(C)C)CN2. The fourth-order valence-electron chi connectivity index (χ4n) is 1.53. The van der Waals surface area contributed by atoms with E-state index in [0.717, 1.165) is 17.3 Å². The van der Waals surface area contributed by atoms with Crippen LogP contribution in [0.5, 0.6) is 5.88 Å². The highest BCUT2D eigenvalue weighted by atomic mass is 32.2. The molecule has 0 bridgehead atoms. The Kier molecular flexibility index (Phi) is 3.05. The summed E-state index contributed by atoms with van der Waals surface area (Å²) < 4.78 is 5.12. The first-order valence-electron chi connectivity index (χ1n) is 5.16. The van der Waals surface area contributed by atoms with Crippen LogP contribution in [0.1, 0.15) is 13.8 Å². The summed E-state index contributed by atoms with van der Waals surface area (Å²) in [5.41, 5.74) is 1.12. The Labute approximate surface area is 94.6 Å². The number of methoxy groups -OCH3 is 1. The smallest absolute Gasteiger partial charge is 0.214 e. The maximum Gasteiger partial charge on any atom is 0.214 e. The lowest BCUT2D eigenvalue weighted by atomic mass is 10.1. The fraction of sp³-hybridized carbons (Fsp3) is 0.545. The van der Waals surface area contributed by atoms with Gasteiger partial charge >= 0.3 is 0 Å². The lowest BCUT2D eigenvalue weighted by Crippen LogP contribution is -2.26. The van der Waals surface area contributed by atoms with Gasteiger partial charge in [-0.05, 0) is 12.0 Å². The molecule has 3 nitrogen and oxygen atoms in total. The Hall–Kier alpha value is -0.900. The summed E-state index contributed by atoms with van der Waals surface area (Å²) in [6, 6.07) is 3.92. The highest BCUT2D eigenvalue weighted by Crippen LogP contribution is 2.37. The van der Waals surface area contributed by atoms with Crippen molar-refractivity contribution in [2.45, 2.75) is 24.1 Å². The Bertz CT molecular complexity index is 354. The zero-order valence-corrected chi connectivity index (χ0v) is 10.1. The van der Waals surface area contributed by atoms with E-state index in [2.05, 4.69) is 24.1 Å². The summed E-state index contributed by atoms with van der Waals surface area (Å²) in [6.45, 7) is 5.50. The van der Waals surface area contributed by atoms with Crippen molar-refractivity contribution < 1.29 is 4.74 Å². The van der Waals surface area contributed by atoms with E-state index >= 15 is 0 Å². The third kappa shape index (κ3) is 2.20. The molecule has 0 radical (unpaired) electrons. The lowest BCUT2D eigenvalue weighted by Gasteiger charge is -2.27. The van der Waals surface area contributed by atoms with E-state index in [1.807, 2.05) is 23.9 Å². The van der Waals surface area contributed by atoms with Gasteiger partial charge in [-0.25, -0.2) is 4.98 Å². The number of aromatic nitrogens is 1. The summed E-state index contributed by atoms with van der Waals surface area (Å²) >= 11 is 1.84. The molecule has 4 heteroatoms. The lowest BCUT2D eigenvalue weighted by molar-refractivity contribution is 0.394. The van der Waals surface area contributed by atoms with Crippen LogP contribution in [0.15, 0.2) is 17.2 Å². The third-order valence-corrected chi connectivity index (χ3v) is 4.09. The van der Waals surface area contributed by atoms with E-state index in [4.69, 9.17) is 4.74 Å². The average Bonchev–Trinajstić information content (AvgIpc) is 2.27. The van der Waals surface area contributed by atoms with Gasteiger partial charge in [-0.15, -0.1) is 0 Å². The molecule has 15 heavy (non-hydrogen) atoms. The van der Waals surface area contributed by atoms with Gasteiger partial charge in [0.25, 0.3) is 0 Å². The molecule has 0 saturated carbocycles. The number of thioether (sulfide) groups is 1. The van der Waals surface area contributed by atoms with E-state index < -0.39 is 0 Å². The van der Waals surface area contributed by atoms with Crippen LogP contribution in [-0.4, -0.2) is 23.9 Å². The van der Waals surface area contributed by atoms with Gasteiger partial charge in [-0.3, -0.25) is 0 Å². The predicted octanol–water partition coefficient (Wildman–Crippen LogP) is 2.63. The van der Waals surface area contributed by atoms with E-state index in [-0.39, 0.29) is 0 Å². The van der Waals surface area contributed by atoms with Gasteiger partial charge in [0.05, 0.1) is 12.8 Å². The minimum atomic E-state index is 0.595. The third-order valence-electron chi connectivity index (χ3n) is 2.54. The number of pyridine rings is 1. The van der Waals surface area contributed by atoms with Crippen LogP contribution in [0.25, 0.3) is 0 Å². The van der Waals surface area contributed by atoms with Crippen molar-refractivity contribution in [2.24, 2.45) is 5.92 Å². The molecule has 1 unspecified atom stereocenters. The van der Waals surface area contributed by atoms with Gasteiger partial charge in [0.15, 0.2) is 0 Å². The van der Waals surface area contributed by atoms with E-state index in [0.29, 0.717) is 17.0 Å². The molecule has 0 spiro atoms. The number of nitrogens with one attached hydrogen (secondary N) is 1. The fourth-order valence-corrected chi connectivity index (χ4v) is 2.66. The minimum absolute atomic E-state index is 0.595. The van der Waals surface area contributed by atoms with Gasteiger partial charge in [0.2, 0.25) is 5.88 Å². The van der Waals surface area contributed by atoms with E-state index in [1.54, 1.807) is 7.11 Å². The van der Waals surface area contributed by atoms with Crippen molar-refractivity contribution in [3.63, 3.8) is 0 Å². The van der Waals surface area contributed by atoms with Gasteiger partial charge in [-0.2, -0.15) is 0 Å². The molecule has 0 fully saturated rings. The molecular formula is C11H16N2OS. The van der Waals surface area contributed by atoms with Crippen LogP contribution >= 0.6 is 11.8 Å². The minimum Gasteiger partial charge on any atom is -0.481 e. The second-order valence-corrected chi connectivity index (χ2v) is 5.22. The van der Waals surface area contributed by atoms with Crippen molar-refractivity contribution in [1.82, 2.24) is 4.98 Å². The molecule has 0 aromatic carbocycles. The number of hydrogen-bond donors (Lipinski definition) is 1. The molecule has 82 valence electrons. The molecule has 2 rings (SSSR count). The van der Waals surface area contributed by atoms with Crippen molar-refractivity contribution in [3.05, 3.63) is 12.1 Å². The largest absolute Gasteiger partial charge is 0.481 e. The standard InChI is InChI=1S/C11H16N2OS/c1-7(2)9-6-12-8-4-5-10(14-3)13-11(8)15-9/h4-5,7,9,12H,6H2,1-3H3. The number of ether oxygens (including phenoxy) is 1. The summed E-state index contributed by atoms with van der Waals surface area (Å²) in [6.07, 6.45) is 0. The molecule has 1 N–H and O–H groups in total. The second-order valence-electron chi connectivity index (χ2n) is 3.99. The number of nitrogens with zero attached hydrogens (tertiary/aromatic N) is 1. The molecule has 1 aliphatic rings. The number of rotatable bonds is 2. The second kappa shape index (κ2) is 4.31. The molecule has 0 aliphatic carbocycles. The summed E-state index contributed by atoms with van der Waals surface area (Å²) in [4.78, 5) is 4.44. The molecular weight excluding hydrogens is 208 g/mol. The maximum absolute atomic E-state index is 5.12. The van der Waals surface area contributed by atoms with Crippen molar-refractivity contribution in [1.29, 1.82) is 0 Å². The van der Waals surface area contributed by atoms with Crippen molar-refractivity contribution in [3.8, 4) is 5.88 Å². The maximum atomic E-state index is 5.12. The van der Waals surface area contributed by atoms with Crippen LogP contribution in [0.2, 0.25) is 0 Å². The van der Waals surface area contributed by atoms with Crippen LogP contribution < -0.4 is 10.1 Å². The monoisotopic (exact) mass is 224 g/mol. The summed E-state index contributed by atoms with van der Waals surface area (Å²) in [7, 11) is 1.65. The van der Waals surface area contributed by atoms with Gasteiger partial charge in [0, 0.05) is 17.9 Å². The molecule has 0 amide bonds. The molecule has 1 aliphatic heterocycles. The number of anilines is 1. The summed E-state index contributed by atoms with van der Waals surface area (Å²) in [5.74, 6) is 1.34. The van der Waals surface area contributed by atoms with Crippen molar-refractivity contribution in [2.75, 3.05) is 19.0 Å². The Morgan fingerprint density at radius 2 is 2.33 bits per heavy atom. The van der Waals surface area contributed by atoms with Crippen LogP contribution in [0, 0.1) is 5.92 Å². The Morgan fingerprint density at radius 1 is 1.53 bits per heavy atom.